The number of ether oxygens (including phenoxy) is 2. The van der Waals surface area contributed by atoms with Crippen molar-refractivity contribution in [1.29, 1.82) is 0 Å². The average Bonchev–Trinajstić information content (AvgIpc) is 2.18. The van der Waals surface area contributed by atoms with Crippen molar-refractivity contribution in [1.82, 2.24) is 4.90 Å². The zero-order chi connectivity index (χ0) is 11.4. The number of carbonyl (C=O) groups is 1. The maximum atomic E-state index is 11.8. The van der Waals surface area contributed by atoms with Crippen LogP contribution in [-0.4, -0.2) is 48.8 Å². The van der Waals surface area contributed by atoms with Gasteiger partial charge in [0.2, 0.25) is 5.91 Å². The van der Waals surface area contributed by atoms with E-state index in [4.69, 9.17) is 9.47 Å². The summed E-state index contributed by atoms with van der Waals surface area (Å²) in [6.07, 6.45) is 0.229. The molecule has 1 rings (SSSR count). The fourth-order valence-corrected chi connectivity index (χ4v) is 1.57. The van der Waals surface area contributed by atoms with Gasteiger partial charge in [0.05, 0.1) is 24.9 Å². The highest BCUT2D eigenvalue weighted by Gasteiger charge is 2.27. The highest BCUT2D eigenvalue weighted by Crippen LogP contribution is 2.11. The second-order valence-electron chi connectivity index (χ2n) is 4.40. The van der Waals surface area contributed by atoms with Crippen molar-refractivity contribution >= 4 is 5.91 Å². The van der Waals surface area contributed by atoms with Crippen molar-refractivity contribution < 1.29 is 14.3 Å². The summed E-state index contributed by atoms with van der Waals surface area (Å²) in [4.78, 5) is 13.6. The Morgan fingerprint density at radius 3 is 2.80 bits per heavy atom. The maximum absolute atomic E-state index is 11.8. The van der Waals surface area contributed by atoms with Crippen molar-refractivity contribution in [2.75, 3.05) is 19.8 Å². The first-order valence-corrected chi connectivity index (χ1v) is 5.53. The van der Waals surface area contributed by atoms with Crippen LogP contribution in [0.1, 0.15) is 27.7 Å². The molecule has 0 spiro atoms. The minimum atomic E-state index is 0.0614. The Kier molecular flexibility index (Phi) is 4.54. The van der Waals surface area contributed by atoms with Gasteiger partial charge in [-0.05, 0) is 27.7 Å². The second-order valence-corrected chi connectivity index (χ2v) is 4.40. The minimum Gasteiger partial charge on any atom is -0.375 e. The van der Waals surface area contributed by atoms with Gasteiger partial charge in [-0.2, -0.15) is 0 Å². The van der Waals surface area contributed by atoms with Crippen molar-refractivity contribution in [2.24, 2.45) is 0 Å². The highest BCUT2D eigenvalue weighted by molar-refractivity contribution is 5.77. The molecule has 4 heteroatoms. The van der Waals surface area contributed by atoms with Gasteiger partial charge in [-0.15, -0.1) is 0 Å². The van der Waals surface area contributed by atoms with Crippen LogP contribution in [-0.2, 0) is 14.3 Å². The van der Waals surface area contributed by atoms with E-state index in [1.54, 1.807) is 0 Å². The zero-order valence-electron chi connectivity index (χ0n) is 10.0. The molecule has 0 aromatic heterocycles. The van der Waals surface area contributed by atoms with Crippen LogP contribution < -0.4 is 0 Å². The minimum absolute atomic E-state index is 0.0614. The summed E-state index contributed by atoms with van der Waals surface area (Å²) in [5.74, 6) is 0.0614. The molecule has 1 fully saturated rings. The molecule has 0 aliphatic carbocycles. The van der Waals surface area contributed by atoms with Crippen LogP contribution in [0.3, 0.4) is 0 Å². The lowest BCUT2D eigenvalue weighted by molar-refractivity contribution is -0.149. The van der Waals surface area contributed by atoms with Crippen molar-refractivity contribution in [2.45, 2.75) is 45.9 Å². The number of nitrogens with zero attached hydrogens (tertiary/aromatic N) is 1. The summed E-state index contributed by atoms with van der Waals surface area (Å²) in [7, 11) is 0. The standard InChI is InChI=1S/C11H21NO3/c1-8(2)14-7-11(13)12-5-10(4)15-6-9(12)3/h8-10H,5-7H2,1-4H3. The van der Waals surface area contributed by atoms with Crippen LogP contribution in [0.5, 0.6) is 0 Å². The van der Waals surface area contributed by atoms with E-state index in [1.807, 2.05) is 32.6 Å². The predicted octanol–water partition coefficient (Wildman–Crippen LogP) is 1.05. The van der Waals surface area contributed by atoms with Crippen LogP contribution in [0.25, 0.3) is 0 Å². The van der Waals surface area contributed by atoms with Crippen LogP contribution in [0.2, 0.25) is 0 Å². The van der Waals surface area contributed by atoms with Gasteiger partial charge in [0.15, 0.2) is 0 Å². The molecule has 2 unspecified atom stereocenters. The van der Waals surface area contributed by atoms with E-state index in [0.29, 0.717) is 13.2 Å². The third-order valence-corrected chi connectivity index (χ3v) is 2.47. The van der Waals surface area contributed by atoms with Crippen molar-refractivity contribution in [3.05, 3.63) is 0 Å². The molecule has 1 saturated heterocycles. The third kappa shape index (κ3) is 3.80. The first kappa shape index (κ1) is 12.5. The van der Waals surface area contributed by atoms with E-state index in [1.165, 1.54) is 0 Å². The van der Waals surface area contributed by atoms with Gasteiger partial charge >= 0.3 is 0 Å². The van der Waals surface area contributed by atoms with Crippen LogP contribution in [0, 0.1) is 0 Å². The van der Waals surface area contributed by atoms with Gasteiger partial charge in [-0.3, -0.25) is 4.79 Å². The Morgan fingerprint density at radius 1 is 1.53 bits per heavy atom. The van der Waals surface area contributed by atoms with E-state index < -0.39 is 0 Å². The molecule has 0 bridgehead atoms. The van der Waals surface area contributed by atoms with Crippen LogP contribution in [0.4, 0.5) is 0 Å². The molecule has 0 radical (unpaired) electrons. The molecule has 0 N–H and O–H groups in total. The molecule has 88 valence electrons. The number of carbonyl (C=O) groups excluding carboxylic acids is 1. The second kappa shape index (κ2) is 5.47. The Labute approximate surface area is 91.5 Å². The van der Waals surface area contributed by atoms with E-state index in [9.17, 15) is 4.79 Å². The summed E-state index contributed by atoms with van der Waals surface area (Å²) in [5, 5.41) is 0. The summed E-state index contributed by atoms with van der Waals surface area (Å²) in [6.45, 7) is 9.30. The fourth-order valence-electron chi connectivity index (χ4n) is 1.57. The lowest BCUT2D eigenvalue weighted by atomic mass is 10.2. The monoisotopic (exact) mass is 215 g/mol. The summed E-state index contributed by atoms with van der Waals surface area (Å²) < 4.78 is 10.8. The summed E-state index contributed by atoms with van der Waals surface area (Å²) >= 11 is 0. The van der Waals surface area contributed by atoms with E-state index in [-0.39, 0.29) is 30.8 Å². The summed E-state index contributed by atoms with van der Waals surface area (Å²) in [5.41, 5.74) is 0. The fraction of sp³-hybridized carbons (Fsp3) is 0.909. The maximum Gasteiger partial charge on any atom is 0.248 e. The van der Waals surface area contributed by atoms with Gasteiger partial charge < -0.3 is 14.4 Å². The Hall–Kier alpha value is -0.610. The number of amides is 1. The SMILES string of the molecule is CC(C)OCC(=O)N1CC(C)OCC1C. The molecular formula is C11H21NO3. The Bertz CT molecular complexity index is 218. The molecule has 0 saturated carbocycles. The van der Waals surface area contributed by atoms with Crippen LogP contribution in [0.15, 0.2) is 0 Å². The first-order chi connectivity index (χ1) is 7.00. The first-order valence-electron chi connectivity index (χ1n) is 5.53. The molecular weight excluding hydrogens is 194 g/mol. The predicted molar refractivity (Wildman–Crippen MR) is 57.7 cm³/mol. The Balaban J connectivity index is 2.42. The van der Waals surface area contributed by atoms with Crippen LogP contribution >= 0.6 is 0 Å². The smallest absolute Gasteiger partial charge is 0.248 e. The van der Waals surface area contributed by atoms with Gasteiger partial charge in [0.1, 0.15) is 6.61 Å². The van der Waals surface area contributed by atoms with Gasteiger partial charge in [-0.25, -0.2) is 0 Å². The molecule has 4 nitrogen and oxygen atoms in total. The molecule has 2 atom stereocenters. The summed E-state index contributed by atoms with van der Waals surface area (Å²) in [6, 6.07) is 0.157. The molecule has 1 aliphatic rings. The zero-order valence-corrected chi connectivity index (χ0v) is 10.0. The normalized spacial score (nSPS) is 27.1. The number of rotatable bonds is 3. The lowest BCUT2D eigenvalue weighted by Crippen LogP contribution is -2.51. The quantitative estimate of drug-likeness (QED) is 0.706. The number of morpholine rings is 1. The molecule has 1 amide bonds. The molecule has 1 heterocycles. The van der Waals surface area contributed by atoms with Crippen molar-refractivity contribution in [3.63, 3.8) is 0 Å². The van der Waals surface area contributed by atoms with Crippen molar-refractivity contribution in [3.8, 4) is 0 Å². The average molecular weight is 215 g/mol. The highest BCUT2D eigenvalue weighted by atomic mass is 16.5. The Morgan fingerprint density at radius 2 is 2.20 bits per heavy atom. The third-order valence-electron chi connectivity index (χ3n) is 2.47. The van der Waals surface area contributed by atoms with Gasteiger partial charge in [0, 0.05) is 6.54 Å². The molecule has 1 aliphatic heterocycles. The number of hydrogen-bond donors (Lipinski definition) is 0. The molecule has 0 aromatic rings. The van der Waals surface area contributed by atoms with Gasteiger partial charge in [-0.1, -0.05) is 0 Å². The van der Waals surface area contributed by atoms with E-state index in [2.05, 4.69) is 0 Å². The molecule has 0 aromatic carbocycles. The largest absolute Gasteiger partial charge is 0.375 e. The van der Waals surface area contributed by atoms with E-state index in [0.717, 1.165) is 0 Å². The lowest BCUT2D eigenvalue weighted by Gasteiger charge is -2.36. The molecule has 15 heavy (non-hydrogen) atoms. The van der Waals surface area contributed by atoms with Gasteiger partial charge in [0.25, 0.3) is 0 Å². The number of hydrogen-bond acceptors (Lipinski definition) is 3. The topological polar surface area (TPSA) is 38.8 Å². The van der Waals surface area contributed by atoms with E-state index >= 15 is 0 Å².